The lowest BCUT2D eigenvalue weighted by molar-refractivity contribution is 0.281. The molecule has 0 bridgehead atoms. The lowest BCUT2D eigenvalue weighted by Gasteiger charge is -2.23. The number of rotatable bonds is 7. The van der Waals surface area contributed by atoms with Gasteiger partial charge in [0.1, 0.15) is 12.4 Å². The van der Waals surface area contributed by atoms with Gasteiger partial charge in [-0.15, -0.1) is 0 Å². The van der Waals surface area contributed by atoms with Crippen molar-refractivity contribution in [2.45, 2.75) is 32.4 Å². The summed E-state index contributed by atoms with van der Waals surface area (Å²) in [5.74, 6) is 2.27. The van der Waals surface area contributed by atoms with Crippen molar-refractivity contribution in [3.8, 4) is 5.75 Å². The number of likely N-dealkylation sites (N-methyl/N-ethyl adjacent to an activating group) is 1. The zero-order chi connectivity index (χ0) is 18.2. The number of ether oxygens (including phenoxy) is 1. The number of nitrogens with zero attached hydrogens (tertiary/aromatic N) is 2. The molecule has 1 N–H and O–H groups in total. The van der Waals surface area contributed by atoms with Crippen LogP contribution in [0.1, 0.15) is 26.3 Å². The van der Waals surface area contributed by atoms with E-state index in [-0.39, 0.29) is 4.75 Å². The van der Waals surface area contributed by atoms with Crippen LogP contribution in [-0.4, -0.2) is 59.4 Å². The first-order valence-electron chi connectivity index (χ1n) is 8.24. The molecule has 0 spiro atoms. The second-order valence-corrected chi connectivity index (χ2v) is 9.04. The van der Waals surface area contributed by atoms with E-state index in [0.29, 0.717) is 18.9 Å². The minimum atomic E-state index is -0.862. The number of guanidine groups is 1. The maximum Gasteiger partial charge on any atom is 0.193 e. The standard InChI is InChI=1S/C18H31N3O2S/c1-15-7-9-16(10-8-15)23-13-12-21(6)17(19-5)20-11-14-24(22)18(2,3)4/h7-10H,11-14H2,1-6H3,(H,19,20). The zero-order valence-corrected chi connectivity index (χ0v) is 16.6. The second kappa shape index (κ2) is 9.67. The van der Waals surface area contributed by atoms with E-state index in [2.05, 4.69) is 17.2 Å². The number of aryl methyl sites for hydroxylation is 1. The minimum Gasteiger partial charge on any atom is -0.492 e. The molecule has 1 aromatic rings. The Bertz CT molecular complexity index is 550. The van der Waals surface area contributed by atoms with Crippen LogP contribution in [-0.2, 0) is 10.8 Å². The van der Waals surface area contributed by atoms with Crippen molar-refractivity contribution in [3.05, 3.63) is 29.8 Å². The third kappa shape index (κ3) is 7.34. The van der Waals surface area contributed by atoms with Crippen LogP contribution in [0, 0.1) is 6.92 Å². The van der Waals surface area contributed by atoms with Crippen molar-refractivity contribution >= 4 is 16.8 Å². The van der Waals surface area contributed by atoms with E-state index < -0.39 is 10.8 Å². The van der Waals surface area contributed by atoms with Crippen molar-refractivity contribution in [1.82, 2.24) is 10.2 Å². The Balaban J connectivity index is 2.34. The van der Waals surface area contributed by atoms with Crippen molar-refractivity contribution < 1.29 is 8.95 Å². The van der Waals surface area contributed by atoms with E-state index in [4.69, 9.17) is 4.74 Å². The number of hydrogen-bond acceptors (Lipinski definition) is 3. The van der Waals surface area contributed by atoms with Crippen molar-refractivity contribution in [2.24, 2.45) is 4.99 Å². The molecule has 1 atom stereocenters. The van der Waals surface area contributed by atoms with Crippen molar-refractivity contribution in [2.75, 3.05) is 39.5 Å². The van der Waals surface area contributed by atoms with Gasteiger partial charge in [-0.25, -0.2) is 0 Å². The van der Waals surface area contributed by atoms with Gasteiger partial charge in [-0.3, -0.25) is 9.20 Å². The Hall–Kier alpha value is -1.56. The van der Waals surface area contributed by atoms with Crippen LogP contribution >= 0.6 is 0 Å². The molecule has 0 heterocycles. The average molecular weight is 354 g/mol. The van der Waals surface area contributed by atoms with Gasteiger partial charge in [-0.2, -0.15) is 0 Å². The normalized spacial score (nSPS) is 13.5. The fraction of sp³-hybridized carbons (Fsp3) is 0.611. The fourth-order valence-corrected chi connectivity index (χ4v) is 2.89. The Morgan fingerprint density at radius 3 is 2.46 bits per heavy atom. The zero-order valence-electron chi connectivity index (χ0n) is 15.8. The molecule has 0 aromatic heterocycles. The van der Waals surface area contributed by atoms with Gasteiger partial charge >= 0.3 is 0 Å². The smallest absolute Gasteiger partial charge is 0.193 e. The van der Waals surface area contributed by atoms with E-state index in [1.165, 1.54) is 5.56 Å². The van der Waals surface area contributed by atoms with E-state index in [9.17, 15) is 4.21 Å². The quantitative estimate of drug-likeness (QED) is 0.604. The molecule has 136 valence electrons. The molecule has 1 aromatic carbocycles. The summed E-state index contributed by atoms with van der Waals surface area (Å²) in [6, 6.07) is 8.03. The molecular weight excluding hydrogens is 322 g/mol. The highest BCUT2D eigenvalue weighted by Gasteiger charge is 2.18. The van der Waals surface area contributed by atoms with Crippen molar-refractivity contribution in [1.29, 1.82) is 0 Å². The molecule has 24 heavy (non-hydrogen) atoms. The first kappa shape index (κ1) is 20.5. The van der Waals surface area contributed by atoms with Crippen LogP contribution in [0.2, 0.25) is 0 Å². The SMILES string of the molecule is CN=C(NCCS(=O)C(C)(C)C)N(C)CCOc1ccc(C)cc1. The highest BCUT2D eigenvalue weighted by Crippen LogP contribution is 2.11. The van der Waals surface area contributed by atoms with Gasteiger partial charge in [-0.1, -0.05) is 17.7 Å². The molecule has 6 heteroatoms. The van der Waals surface area contributed by atoms with Crippen LogP contribution in [0.15, 0.2) is 29.3 Å². The van der Waals surface area contributed by atoms with Gasteiger partial charge in [0, 0.05) is 41.9 Å². The van der Waals surface area contributed by atoms with E-state index in [1.807, 2.05) is 57.0 Å². The van der Waals surface area contributed by atoms with Gasteiger partial charge in [0.25, 0.3) is 0 Å². The summed E-state index contributed by atoms with van der Waals surface area (Å²) in [5, 5.41) is 3.26. The molecule has 5 nitrogen and oxygen atoms in total. The minimum absolute atomic E-state index is 0.182. The van der Waals surface area contributed by atoms with Gasteiger partial charge in [0.15, 0.2) is 5.96 Å². The monoisotopic (exact) mass is 353 g/mol. The van der Waals surface area contributed by atoms with E-state index in [1.54, 1.807) is 7.05 Å². The molecular formula is C18H31N3O2S. The number of nitrogens with one attached hydrogen (secondary N) is 1. The largest absolute Gasteiger partial charge is 0.492 e. The van der Waals surface area contributed by atoms with Gasteiger partial charge in [0.05, 0.1) is 6.54 Å². The third-order valence-electron chi connectivity index (χ3n) is 3.54. The number of aliphatic imine (C=N–C) groups is 1. The number of benzene rings is 1. The molecule has 0 aliphatic carbocycles. The van der Waals surface area contributed by atoms with Crippen molar-refractivity contribution in [3.63, 3.8) is 0 Å². The topological polar surface area (TPSA) is 53.9 Å². The molecule has 0 radical (unpaired) electrons. The molecule has 0 aliphatic rings. The summed E-state index contributed by atoms with van der Waals surface area (Å²) in [6.07, 6.45) is 0. The van der Waals surface area contributed by atoms with Crippen LogP contribution in [0.5, 0.6) is 5.75 Å². The summed E-state index contributed by atoms with van der Waals surface area (Å²) in [4.78, 5) is 6.27. The summed E-state index contributed by atoms with van der Waals surface area (Å²) in [6.45, 7) is 9.97. The predicted octanol–water partition coefficient (Wildman–Crippen LogP) is 2.43. The first-order chi connectivity index (χ1) is 11.2. The summed E-state index contributed by atoms with van der Waals surface area (Å²) in [5.41, 5.74) is 1.22. The second-order valence-electron chi connectivity index (χ2n) is 6.72. The summed E-state index contributed by atoms with van der Waals surface area (Å²) >= 11 is 0. The van der Waals surface area contributed by atoms with Gasteiger partial charge < -0.3 is 15.0 Å². The Kier molecular flexibility index (Phi) is 8.25. The molecule has 0 saturated carbocycles. The van der Waals surface area contributed by atoms with Crippen LogP contribution in [0.4, 0.5) is 0 Å². The molecule has 0 amide bonds. The Morgan fingerprint density at radius 1 is 1.29 bits per heavy atom. The van der Waals surface area contributed by atoms with Gasteiger partial charge in [-0.05, 0) is 39.8 Å². The Labute approximate surface area is 149 Å². The highest BCUT2D eigenvalue weighted by molar-refractivity contribution is 7.86. The molecule has 0 aliphatic heterocycles. The summed E-state index contributed by atoms with van der Waals surface area (Å²) < 4.78 is 17.6. The summed E-state index contributed by atoms with van der Waals surface area (Å²) in [7, 11) is 2.86. The first-order valence-corrected chi connectivity index (χ1v) is 9.55. The maximum absolute atomic E-state index is 12.1. The Morgan fingerprint density at radius 2 is 1.92 bits per heavy atom. The van der Waals surface area contributed by atoms with Crippen LogP contribution in [0.25, 0.3) is 0 Å². The average Bonchev–Trinajstić information content (AvgIpc) is 2.52. The van der Waals surface area contributed by atoms with Crippen LogP contribution < -0.4 is 10.1 Å². The molecule has 0 fully saturated rings. The van der Waals surface area contributed by atoms with E-state index in [0.717, 1.165) is 18.3 Å². The fourth-order valence-electron chi connectivity index (χ4n) is 1.99. The lowest BCUT2D eigenvalue weighted by Crippen LogP contribution is -2.43. The third-order valence-corrected chi connectivity index (χ3v) is 5.48. The van der Waals surface area contributed by atoms with E-state index >= 15 is 0 Å². The molecule has 1 unspecified atom stereocenters. The lowest BCUT2D eigenvalue weighted by atomic mass is 10.2. The molecule has 0 saturated heterocycles. The highest BCUT2D eigenvalue weighted by atomic mass is 32.2. The number of hydrogen-bond donors (Lipinski definition) is 1. The van der Waals surface area contributed by atoms with Crippen LogP contribution in [0.3, 0.4) is 0 Å². The predicted molar refractivity (Wildman–Crippen MR) is 103 cm³/mol. The molecule has 1 rings (SSSR count). The van der Waals surface area contributed by atoms with Gasteiger partial charge in [0.2, 0.25) is 0 Å². The maximum atomic E-state index is 12.1.